The summed E-state index contributed by atoms with van der Waals surface area (Å²) in [5.41, 5.74) is 0. The summed E-state index contributed by atoms with van der Waals surface area (Å²) in [7, 11) is 0. The predicted octanol–water partition coefficient (Wildman–Crippen LogP) is -1.50. The van der Waals surface area contributed by atoms with Crippen LogP contribution in [0.2, 0.25) is 0 Å². The fraction of sp³-hybridized carbons (Fsp3) is 0. The molecular formula is C2H2N4O. The van der Waals surface area contributed by atoms with Crippen molar-refractivity contribution in [3.63, 3.8) is 0 Å². The van der Waals surface area contributed by atoms with Gasteiger partial charge in [-0.2, -0.15) is 0 Å². The molecule has 1 rings (SSSR count). The molecule has 0 aliphatic heterocycles. The van der Waals surface area contributed by atoms with E-state index in [-0.39, 0.29) is 0 Å². The van der Waals surface area contributed by atoms with Crippen LogP contribution < -0.4 is 4.85 Å². The maximum Gasteiger partial charge on any atom is 0.204 e. The van der Waals surface area contributed by atoms with Crippen molar-refractivity contribution in [3.8, 4) is 0 Å². The molecule has 0 aliphatic carbocycles. The number of hydrogen-bond donors (Lipinski definition) is 0. The molecular weight excluding hydrogens is 96.0 g/mol. The molecule has 0 aliphatic rings. The third kappa shape index (κ3) is 0.783. The van der Waals surface area contributed by atoms with E-state index in [1.165, 1.54) is 6.20 Å². The molecule has 1 aromatic heterocycles. The average molecular weight is 98.1 g/mol. The summed E-state index contributed by atoms with van der Waals surface area (Å²) in [4.78, 5) is 0.326. The van der Waals surface area contributed by atoms with Gasteiger partial charge in [0.25, 0.3) is 0 Å². The number of nitrogens with zero attached hydrogens (tertiary/aromatic N) is 4. The summed E-state index contributed by atoms with van der Waals surface area (Å²) in [6.07, 6.45) is 2.42. The summed E-state index contributed by atoms with van der Waals surface area (Å²) in [5.74, 6) is 0. The van der Waals surface area contributed by atoms with E-state index >= 15 is 0 Å². The van der Waals surface area contributed by atoms with Gasteiger partial charge in [-0.1, -0.05) is 0 Å². The lowest BCUT2D eigenvalue weighted by Crippen LogP contribution is -2.31. The van der Waals surface area contributed by atoms with Gasteiger partial charge in [-0.25, -0.2) is 0 Å². The van der Waals surface area contributed by atoms with Gasteiger partial charge in [-0.3, -0.25) is 0 Å². The zero-order chi connectivity index (χ0) is 5.11. The van der Waals surface area contributed by atoms with Crippen LogP contribution in [0, 0.1) is 5.21 Å². The van der Waals surface area contributed by atoms with Crippen molar-refractivity contribution in [1.82, 2.24) is 15.5 Å². The summed E-state index contributed by atoms with van der Waals surface area (Å²) in [5, 5.41) is 19.2. The number of aromatic nitrogens is 4. The molecule has 0 radical (unpaired) electrons. The van der Waals surface area contributed by atoms with Gasteiger partial charge >= 0.3 is 0 Å². The van der Waals surface area contributed by atoms with Crippen LogP contribution in [0.4, 0.5) is 0 Å². The van der Waals surface area contributed by atoms with Gasteiger partial charge in [0, 0.05) is 0 Å². The maximum atomic E-state index is 9.97. The van der Waals surface area contributed by atoms with Crippen LogP contribution in [0.15, 0.2) is 12.4 Å². The van der Waals surface area contributed by atoms with E-state index in [4.69, 9.17) is 0 Å². The van der Waals surface area contributed by atoms with Gasteiger partial charge in [0.15, 0.2) is 5.21 Å². The molecule has 0 saturated carbocycles. The first-order valence-electron chi connectivity index (χ1n) is 1.63. The van der Waals surface area contributed by atoms with Gasteiger partial charge in [0.05, 0.1) is 0 Å². The second kappa shape index (κ2) is 1.46. The molecule has 5 heteroatoms. The average Bonchev–Trinajstić information content (AvgIpc) is 1.69. The first-order chi connectivity index (χ1) is 3.39. The van der Waals surface area contributed by atoms with Crippen molar-refractivity contribution < 1.29 is 4.85 Å². The van der Waals surface area contributed by atoms with Crippen LogP contribution in [0.5, 0.6) is 0 Å². The highest BCUT2D eigenvalue weighted by Gasteiger charge is 1.79. The highest BCUT2D eigenvalue weighted by atomic mass is 16.5. The third-order valence-electron chi connectivity index (χ3n) is 0.441. The van der Waals surface area contributed by atoms with E-state index in [2.05, 4.69) is 15.5 Å². The van der Waals surface area contributed by atoms with E-state index in [9.17, 15) is 5.21 Å². The third-order valence-corrected chi connectivity index (χ3v) is 0.441. The van der Waals surface area contributed by atoms with Crippen LogP contribution in [0.25, 0.3) is 0 Å². The molecule has 7 heavy (non-hydrogen) atoms. The second-order valence-electron chi connectivity index (χ2n) is 0.895. The zero-order valence-corrected chi connectivity index (χ0v) is 3.35. The van der Waals surface area contributed by atoms with Gasteiger partial charge in [-0.05, 0) is 5.10 Å². The fourth-order valence-corrected chi connectivity index (χ4v) is 0.209. The highest BCUT2D eigenvalue weighted by Crippen LogP contribution is 1.52. The molecule has 5 nitrogen and oxygen atoms in total. The summed E-state index contributed by atoms with van der Waals surface area (Å²) < 4.78 is 0. The van der Waals surface area contributed by atoms with Crippen molar-refractivity contribution in [3.05, 3.63) is 17.6 Å². The van der Waals surface area contributed by atoms with Crippen molar-refractivity contribution >= 4 is 0 Å². The van der Waals surface area contributed by atoms with Crippen molar-refractivity contribution in [1.29, 1.82) is 0 Å². The van der Waals surface area contributed by atoms with Crippen LogP contribution in [0.3, 0.4) is 0 Å². The largest absolute Gasteiger partial charge is 0.691 e. The molecule has 36 valence electrons. The van der Waals surface area contributed by atoms with Crippen LogP contribution >= 0.6 is 0 Å². The molecule has 0 N–H and O–H groups in total. The number of hydrogen-bond acceptors (Lipinski definition) is 4. The Morgan fingerprint density at radius 2 is 2.43 bits per heavy atom. The maximum absolute atomic E-state index is 9.97. The van der Waals surface area contributed by atoms with Crippen molar-refractivity contribution in [2.24, 2.45) is 0 Å². The standard InChI is InChI=1S/C2H2N4O/c7-6-2-1-3-4-5-6/h1-2H. The lowest BCUT2D eigenvalue weighted by Gasteiger charge is -1.86. The summed E-state index contributed by atoms with van der Waals surface area (Å²) in [6.45, 7) is 0. The molecule has 0 saturated heterocycles. The van der Waals surface area contributed by atoms with E-state index in [1.807, 2.05) is 0 Å². The molecule has 0 unspecified atom stereocenters. The van der Waals surface area contributed by atoms with Gasteiger partial charge in [0.2, 0.25) is 5.21 Å². The molecule has 1 aromatic rings. The van der Waals surface area contributed by atoms with E-state index in [0.29, 0.717) is 4.85 Å². The Hall–Kier alpha value is -1.26. The van der Waals surface area contributed by atoms with Gasteiger partial charge in [0.1, 0.15) is 12.4 Å². The van der Waals surface area contributed by atoms with E-state index in [0.717, 1.165) is 6.20 Å². The van der Waals surface area contributed by atoms with Gasteiger partial charge < -0.3 is 5.21 Å². The molecule has 1 heterocycles. The first kappa shape index (κ1) is 3.91. The summed E-state index contributed by atoms with van der Waals surface area (Å²) >= 11 is 0. The minimum Gasteiger partial charge on any atom is -0.691 e. The van der Waals surface area contributed by atoms with E-state index < -0.39 is 0 Å². The SMILES string of the molecule is [O-][n+]1ccnnn1. The Balaban J connectivity index is 3.02. The zero-order valence-electron chi connectivity index (χ0n) is 3.35. The highest BCUT2D eigenvalue weighted by molar-refractivity contribution is 4.46. The Bertz CT molecular complexity index is 140. The Labute approximate surface area is 39.2 Å². The van der Waals surface area contributed by atoms with E-state index in [1.54, 1.807) is 0 Å². The smallest absolute Gasteiger partial charge is 0.204 e. The molecule has 0 atom stereocenters. The van der Waals surface area contributed by atoms with Crippen molar-refractivity contribution in [2.75, 3.05) is 0 Å². The quantitative estimate of drug-likeness (QED) is 0.293. The molecule has 0 bridgehead atoms. The fourth-order valence-electron chi connectivity index (χ4n) is 0.209. The predicted molar refractivity (Wildman–Crippen MR) is 18.8 cm³/mol. The van der Waals surface area contributed by atoms with Crippen LogP contribution in [0.1, 0.15) is 0 Å². The minimum absolute atomic E-state index is 0.326. The molecule has 0 spiro atoms. The Kier molecular flexibility index (Phi) is 0.816. The Morgan fingerprint density at radius 1 is 1.57 bits per heavy atom. The number of rotatable bonds is 0. The second-order valence-corrected chi connectivity index (χ2v) is 0.895. The molecule has 0 amide bonds. The normalized spacial score (nSPS) is 8.57. The Morgan fingerprint density at radius 3 is 2.71 bits per heavy atom. The van der Waals surface area contributed by atoms with Gasteiger partial charge in [-0.15, -0.1) is 4.85 Å². The van der Waals surface area contributed by atoms with Crippen molar-refractivity contribution in [2.45, 2.75) is 0 Å². The van der Waals surface area contributed by atoms with Crippen LogP contribution in [-0.4, -0.2) is 15.5 Å². The minimum atomic E-state index is 0.326. The topological polar surface area (TPSA) is 65.6 Å². The van der Waals surface area contributed by atoms with Crippen LogP contribution in [-0.2, 0) is 0 Å². The molecule has 0 aromatic carbocycles. The molecule has 0 fully saturated rings. The monoisotopic (exact) mass is 98.0 g/mol. The summed E-state index contributed by atoms with van der Waals surface area (Å²) in [6, 6.07) is 0. The first-order valence-corrected chi connectivity index (χ1v) is 1.63. The lowest BCUT2D eigenvalue weighted by molar-refractivity contribution is -0.676. The lowest BCUT2D eigenvalue weighted by atomic mass is 10.9.